The molecule has 1 aromatic carbocycles. The number of anilines is 2. The molecule has 1 aliphatic heterocycles. The molecule has 2 aromatic rings. The molecule has 1 amide bonds. The van der Waals surface area contributed by atoms with Gasteiger partial charge in [0.1, 0.15) is 12.1 Å². The van der Waals surface area contributed by atoms with E-state index < -0.39 is 0 Å². The average molecular weight is 401 g/mol. The minimum atomic E-state index is -0.0212. The minimum absolute atomic E-state index is 0.0212. The molecule has 1 aliphatic carbocycles. The second-order valence-electron chi connectivity index (χ2n) is 6.86. The largest absolute Gasteiger partial charge is 0.356 e. The molecule has 1 N–H and O–H groups in total. The summed E-state index contributed by atoms with van der Waals surface area (Å²) in [6.45, 7) is 1.66. The van der Waals surface area contributed by atoms with Crippen molar-refractivity contribution < 1.29 is 4.79 Å². The summed E-state index contributed by atoms with van der Waals surface area (Å²) in [6, 6.07) is 9.81. The molecular weight excluding hydrogens is 380 g/mol. The van der Waals surface area contributed by atoms with E-state index in [4.69, 9.17) is 0 Å². The van der Waals surface area contributed by atoms with Gasteiger partial charge in [0, 0.05) is 40.9 Å². The highest BCUT2D eigenvalue weighted by atomic mass is 79.9. The van der Waals surface area contributed by atoms with Crippen LogP contribution in [0.15, 0.2) is 41.1 Å². The zero-order chi connectivity index (χ0) is 17.2. The quantitative estimate of drug-likeness (QED) is 0.843. The standard InChI is InChI=1S/C19H21BrN4O/c20-15-4-1-5-16(9-15)23-19(25)14-3-2-8-24(11-14)18-10-17(13-6-7-13)21-12-22-18/h1,4-5,9-10,12-14H,2-3,6-8,11H2,(H,23,25). The van der Waals surface area contributed by atoms with Crippen LogP contribution >= 0.6 is 15.9 Å². The Bertz CT molecular complexity index is 778. The second-order valence-corrected chi connectivity index (χ2v) is 7.78. The summed E-state index contributed by atoms with van der Waals surface area (Å²) in [4.78, 5) is 23.7. The summed E-state index contributed by atoms with van der Waals surface area (Å²) < 4.78 is 0.962. The number of piperidine rings is 1. The van der Waals surface area contributed by atoms with Crippen molar-refractivity contribution in [1.29, 1.82) is 0 Å². The zero-order valence-electron chi connectivity index (χ0n) is 14.0. The van der Waals surface area contributed by atoms with Crippen LogP contribution in [-0.2, 0) is 4.79 Å². The van der Waals surface area contributed by atoms with Gasteiger partial charge in [0.05, 0.1) is 5.92 Å². The lowest BCUT2D eigenvalue weighted by molar-refractivity contribution is -0.120. The van der Waals surface area contributed by atoms with Crippen LogP contribution in [0.2, 0.25) is 0 Å². The molecule has 1 saturated heterocycles. The van der Waals surface area contributed by atoms with E-state index in [0.29, 0.717) is 12.5 Å². The highest BCUT2D eigenvalue weighted by Gasteiger charge is 2.29. The zero-order valence-corrected chi connectivity index (χ0v) is 15.6. The van der Waals surface area contributed by atoms with Gasteiger partial charge in [-0.2, -0.15) is 0 Å². The fourth-order valence-electron chi connectivity index (χ4n) is 3.35. The first-order valence-electron chi connectivity index (χ1n) is 8.82. The van der Waals surface area contributed by atoms with E-state index in [2.05, 4.69) is 42.2 Å². The van der Waals surface area contributed by atoms with Gasteiger partial charge in [-0.05, 0) is 43.9 Å². The number of hydrogen-bond acceptors (Lipinski definition) is 4. The van der Waals surface area contributed by atoms with Gasteiger partial charge in [-0.15, -0.1) is 0 Å². The summed E-state index contributed by atoms with van der Waals surface area (Å²) in [5, 5.41) is 3.04. The van der Waals surface area contributed by atoms with E-state index in [-0.39, 0.29) is 11.8 Å². The average Bonchev–Trinajstić information content (AvgIpc) is 3.47. The smallest absolute Gasteiger partial charge is 0.229 e. The van der Waals surface area contributed by atoms with Crippen molar-refractivity contribution in [2.45, 2.75) is 31.6 Å². The van der Waals surface area contributed by atoms with Crippen LogP contribution in [0.25, 0.3) is 0 Å². The Hall–Kier alpha value is -1.95. The van der Waals surface area contributed by atoms with Gasteiger partial charge in [-0.25, -0.2) is 9.97 Å². The summed E-state index contributed by atoms with van der Waals surface area (Å²) >= 11 is 3.44. The van der Waals surface area contributed by atoms with Crippen molar-refractivity contribution in [3.8, 4) is 0 Å². The fourth-order valence-corrected chi connectivity index (χ4v) is 3.75. The number of aromatic nitrogens is 2. The molecule has 0 radical (unpaired) electrons. The number of carbonyl (C=O) groups is 1. The molecular formula is C19H21BrN4O. The number of carbonyl (C=O) groups excluding carboxylic acids is 1. The van der Waals surface area contributed by atoms with Gasteiger partial charge >= 0.3 is 0 Å². The number of rotatable bonds is 4. The molecule has 1 aromatic heterocycles. The number of hydrogen-bond donors (Lipinski definition) is 1. The van der Waals surface area contributed by atoms with Gasteiger partial charge in [0.2, 0.25) is 5.91 Å². The van der Waals surface area contributed by atoms with E-state index in [1.54, 1.807) is 6.33 Å². The molecule has 25 heavy (non-hydrogen) atoms. The topological polar surface area (TPSA) is 58.1 Å². The normalized spacial score (nSPS) is 20.4. The number of halogens is 1. The predicted octanol–water partition coefficient (Wildman–Crippen LogP) is 3.97. The molecule has 1 atom stereocenters. The fraction of sp³-hybridized carbons (Fsp3) is 0.421. The molecule has 4 rings (SSSR count). The lowest BCUT2D eigenvalue weighted by Gasteiger charge is -2.33. The third kappa shape index (κ3) is 4.00. The van der Waals surface area contributed by atoms with E-state index in [9.17, 15) is 4.79 Å². The van der Waals surface area contributed by atoms with E-state index in [0.717, 1.165) is 41.1 Å². The molecule has 0 bridgehead atoms. The van der Waals surface area contributed by atoms with Crippen LogP contribution in [0.5, 0.6) is 0 Å². The number of amides is 1. The second kappa shape index (κ2) is 7.12. The molecule has 130 valence electrons. The maximum absolute atomic E-state index is 12.7. The molecule has 1 saturated carbocycles. The minimum Gasteiger partial charge on any atom is -0.356 e. The Kier molecular flexibility index (Phi) is 4.70. The highest BCUT2D eigenvalue weighted by molar-refractivity contribution is 9.10. The molecule has 1 unspecified atom stereocenters. The Morgan fingerprint density at radius 1 is 1.20 bits per heavy atom. The lowest BCUT2D eigenvalue weighted by atomic mass is 9.97. The van der Waals surface area contributed by atoms with Gasteiger partial charge < -0.3 is 10.2 Å². The Labute approximate surface area is 156 Å². The van der Waals surface area contributed by atoms with Gasteiger partial charge in [0.25, 0.3) is 0 Å². The molecule has 2 fully saturated rings. The van der Waals surface area contributed by atoms with Crippen molar-refractivity contribution in [1.82, 2.24) is 9.97 Å². The van der Waals surface area contributed by atoms with Crippen LogP contribution in [-0.4, -0.2) is 29.0 Å². The maximum Gasteiger partial charge on any atom is 0.229 e. The summed E-state index contributed by atoms with van der Waals surface area (Å²) in [5.41, 5.74) is 1.97. The predicted molar refractivity (Wildman–Crippen MR) is 102 cm³/mol. The van der Waals surface area contributed by atoms with Crippen molar-refractivity contribution in [2.24, 2.45) is 5.92 Å². The number of benzene rings is 1. The van der Waals surface area contributed by atoms with Crippen LogP contribution in [0, 0.1) is 5.92 Å². The van der Waals surface area contributed by atoms with Crippen LogP contribution in [0.4, 0.5) is 11.5 Å². The Morgan fingerprint density at radius 3 is 2.88 bits per heavy atom. The Morgan fingerprint density at radius 2 is 2.08 bits per heavy atom. The molecule has 5 nitrogen and oxygen atoms in total. The van der Waals surface area contributed by atoms with Gasteiger partial charge in [0.15, 0.2) is 0 Å². The van der Waals surface area contributed by atoms with Crippen LogP contribution in [0.1, 0.15) is 37.3 Å². The lowest BCUT2D eigenvalue weighted by Crippen LogP contribution is -2.41. The van der Waals surface area contributed by atoms with E-state index in [1.165, 1.54) is 12.8 Å². The summed E-state index contributed by atoms with van der Waals surface area (Å²) in [7, 11) is 0. The summed E-state index contributed by atoms with van der Waals surface area (Å²) in [6.07, 6.45) is 6.03. The molecule has 2 heterocycles. The number of nitrogens with one attached hydrogen (secondary N) is 1. The van der Waals surface area contributed by atoms with Crippen LogP contribution in [0.3, 0.4) is 0 Å². The van der Waals surface area contributed by atoms with Gasteiger partial charge in [-0.3, -0.25) is 4.79 Å². The first-order chi connectivity index (χ1) is 12.2. The van der Waals surface area contributed by atoms with E-state index >= 15 is 0 Å². The molecule has 0 spiro atoms. The van der Waals surface area contributed by atoms with Crippen molar-refractivity contribution >= 4 is 33.3 Å². The van der Waals surface area contributed by atoms with E-state index in [1.807, 2.05) is 24.3 Å². The van der Waals surface area contributed by atoms with Crippen LogP contribution < -0.4 is 10.2 Å². The monoisotopic (exact) mass is 400 g/mol. The van der Waals surface area contributed by atoms with Crippen molar-refractivity contribution in [3.63, 3.8) is 0 Å². The third-order valence-electron chi connectivity index (χ3n) is 4.88. The first-order valence-corrected chi connectivity index (χ1v) is 9.61. The SMILES string of the molecule is O=C(Nc1cccc(Br)c1)C1CCCN(c2cc(C3CC3)ncn2)C1. The maximum atomic E-state index is 12.7. The van der Waals surface area contributed by atoms with Crippen molar-refractivity contribution in [3.05, 3.63) is 46.8 Å². The Balaban J connectivity index is 1.43. The number of nitrogens with zero attached hydrogens (tertiary/aromatic N) is 3. The third-order valence-corrected chi connectivity index (χ3v) is 5.37. The molecule has 6 heteroatoms. The summed E-state index contributed by atoms with van der Waals surface area (Å²) in [5.74, 6) is 1.63. The molecule has 2 aliphatic rings. The first kappa shape index (κ1) is 16.5. The van der Waals surface area contributed by atoms with Gasteiger partial charge in [-0.1, -0.05) is 22.0 Å². The highest BCUT2D eigenvalue weighted by Crippen LogP contribution is 2.39. The van der Waals surface area contributed by atoms with Crippen molar-refractivity contribution in [2.75, 3.05) is 23.3 Å².